The predicted octanol–water partition coefficient (Wildman–Crippen LogP) is 0.748. The molecule has 3 N–H and O–H groups in total. The van der Waals surface area contributed by atoms with E-state index in [-0.39, 0.29) is 37.7 Å². The number of ether oxygens (including phenoxy) is 3. The van der Waals surface area contributed by atoms with Crippen LogP contribution in [0.15, 0.2) is 34.9 Å². The predicted molar refractivity (Wildman–Crippen MR) is 139 cm³/mol. The van der Waals surface area contributed by atoms with Crippen molar-refractivity contribution in [2.75, 3.05) is 48.2 Å². The number of rotatable bonds is 14. The van der Waals surface area contributed by atoms with E-state index in [1.807, 2.05) is 31.2 Å². The molecule has 2 atom stereocenters. The van der Waals surface area contributed by atoms with E-state index in [1.165, 1.54) is 20.3 Å². The van der Waals surface area contributed by atoms with Gasteiger partial charge in [0.1, 0.15) is 11.8 Å². The van der Waals surface area contributed by atoms with Crippen LogP contribution in [0.25, 0.3) is 0 Å². The first-order valence-electron chi connectivity index (χ1n) is 11.9. The number of Topliss-reactive ketones (excluding diaryl/α,β-unsaturated/α-hetero) is 1. The van der Waals surface area contributed by atoms with E-state index in [0.29, 0.717) is 12.2 Å². The Labute approximate surface area is 222 Å². The first kappa shape index (κ1) is 32.4. The van der Waals surface area contributed by atoms with Crippen LogP contribution in [0.4, 0.5) is 0 Å². The number of methoxy groups -OCH3 is 3. The lowest BCUT2D eigenvalue weighted by Gasteiger charge is -2.20. The van der Waals surface area contributed by atoms with E-state index >= 15 is 0 Å². The fraction of sp³-hybridized carbons (Fsp3) is 0.500. The van der Waals surface area contributed by atoms with Crippen molar-refractivity contribution < 1.29 is 37.9 Å². The van der Waals surface area contributed by atoms with Crippen molar-refractivity contribution >= 4 is 23.5 Å². The van der Waals surface area contributed by atoms with Gasteiger partial charge in [-0.25, -0.2) is 0 Å². The summed E-state index contributed by atoms with van der Waals surface area (Å²) in [7, 11) is 6.12. The Bertz CT molecular complexity index is 1040. The lowest BCUT2D eigenvalue weighted by atomic mass is 9.99. The number of carbonyl (C=O) groups excluding carboxylic acids is 4. The summed E-state index contributed by atoms with van der Waals surface area (Å²) < 4.78 is 19.1. The van der Waals surface area contributed by atoms with Gasteiger partial charge < -0.3 is 34.7 Å². The monoisotopic (exact) mass is 534 g/mol. The van der Waals surface area contributed by atoms with Crippen molar-refractivity contribution in [1.29, 1.82) is 0 Å². The van der Waals surface area contributed by atoms with Crippen molar-refractivity contribution in [3.05, 3.63) is 52.9 Å². The number of nitrogens with zero attached hydrogens (tertiary/aromatic N) is 1. The molecule has 1 heterocycles. The molecule has 2 rings (SSSR count). The van der Waals surface area contributed by atoms with Gasteiger partial charge in [-0.3, -0.25) is 19.2 Å². The molecule has 0 bridgehead atoms. The molecule has 0 radical (unpaired) electrons. The third kappa shape index (κ3) is 12.1. The molecular formula is C26H38N4O8. The molecule has 1 aromatic carbocycles. The van der Waals surface area contributed by atoms with Crippen LogP contribution in [-0.2, 0) is 35.0 Å². The second-order valence-electron chi connectivity index (χ2n) is 8.45. The van der Waals surface area contributed by atoms with E-state index in [1.54, 1.807) is 21.1 Å². The highest BCUT2D eigenvalue weighted by Gasteiger charge is 2.25. The molecule has 0 aliphatic rings. The van der Waals surface area contributed by atoms with Gasteiger partial charge in [-0.1, -0.05) is 35.0 Å². The highest BCUT2D eigenvalue weighted by Crippen LogP contribution is 2.09. The number of benzene rings is 1. The van der Waals surface area contributed by atoms with Gasteiger partial charge in [0.05, 0.1) is 25.8 Å². The first-order valence-corrected chi connectivity index (χ1v) is 11.9. The van der Waals surface area contributed by atoms with E-state index in [9.17, 15) is 19.2 Å². The molecule has 2 unspecified atom stereocenters. The van der Waals surface area contributed by atoms with Gasteiger partial charge in [0, 0.05) is 40.9 Å². The molecule has 0 aliphatic carbocycles. The minimum atomic E-state index is -1.07. The van der Waals surface area contributed by atoms with Crippen molar-refractivity contribution in [2.45, 2.75) is 38.8 Å². The highest BCUT2D eigenvalue weighted by molar-refractivity contribution is 5.97. The third-order valence-corrected chi connectivity index (χ3v) is 5.04. The second kappa shape index (κ2) is 17.8. The van der Waals surface area contributed by atoms with Gasteiger partial charge >= 0.3 is 0 Å². The molecule has 1 aromatic heterocycles. The maximum Gasteiger partial charge on any atom is 0.274 e. The van der Waals surface area contributed by atoms with E-state index < -0.39 is 29.8 Å². The Balaban J connectivity index is 0.00000229. The lowest BCUT2D eigenvalue weighted by molar-refractivity contribution is -0.130. The maximum atomic E-state index is 12.7. The standard InChI is InChI=1S/C24H32N4O7.C2H6O/c1-15-6-5-7-17(10-15)12-18(21(29)8-9-33-3)26-22(30)13-25-23(31)20(14-34-4)27-24(32)19-11-16(2)35-28-19;1-3-2/h5-7,10-11,18,20H,8-9,12-14H2,1-4H3,(H,25,31)(H,26,30)(H,27,32);1-2H3. The van der Waals surface area contributed by atoms with Crippen molar-refractivity contribution in [3.63, 3.8) is 0 Å². The number of hydrogen-bond donors (Lipinski definition) is 3. The second-order valence-corrected chi connectivity index (χ2v) is 8.45. The van der Waals surface area contributed by atoms with E-state index in [0.717, 1.165) is 11.1 Å². The molecule has 2 aromatic rings. The molecule has 3 amide bonds. The summed E-state index contributed by atoms with van der Waals surface area (Å²) >= 11 is 0. The molecule has 210 valence electrons. The Hall–Kier alpha value is -3.61. The zero-order valence-electron chi connectivity index (χ0n) is 22.8. The van der Waals surface area contributed by atoms with Crippen LogP contribution in [0.2, 0.25) is 0 Å². The van der Waals surface area contributed by atoms with Crippen LogP contribution in [-0.4, -0.2) is 88.9 Å². The molecule has 12 heteroatoms. The Morgan fingerprint density at radius 3 is 2.26 bits per heavy atom. The zero-order valence-corrected chi connectivity index (χ0v) is 22.8. The largest absolute Gasteiger partial charge is 0.388 e. The minimum Gasteiger partial charge on any atom is -0.388 e. The molecule has 0 saturated carbocycles. The van der Waals surface area contributed by atoms with Crippen LogP contribution in [0.5, 0.6) is 0 Å². The van der Waals surface area contributed by atoms with Gasteiger partial charge in [0.25, 0.3) is 5.91 Å². The summed E-state index contributed by atoms with van der Waals surface area (Å²) in [5, 5.41) is 11.3. The Morgan fingerprint density at radius 1 is 0.974 bits per heavy atom. The van der Waals surface area contributed by atoms with Crippen LogP contribution >= 0.6 is 0 Å². The SMILES string of the molecule is COC.COCCC(=O)C(Cc1cccc(C)c1)NC(=O)CNC(=O)C(COC)NC(=O)c1cc(C)on1. The Morgan fingerprint density at radius 2 is 1.68 bits per heavy atom. The highest BCUT2D eigenvalue weighted by atomic mass is 16.5. The lowest BCUT2D eigenvalue weighted by Crippen LogP contribution is -2.52. The van der Waals surface area contributed by atoms with Crippen LogP contribution in [0, 0.1) is 13.8 Å². The summed E-state index contributed by atoms with van der Waals surface area (Å²) in [5.41, 5.74) is 1.95. The van der Waals surface area contributed by atoms with Crippen LogP contribution in [0.1, 0.15) is 33.8 Å². The average Bonchev–Trinajstić information content (AvgIpc) is 3.32. The van der Waals surface area contributed by atoms with Crippen molar-refractivity contribution in [3.8, 4) is 0 Å². The number of ketones is 1. The normalized spacial score (nSPS) is 11.9. The number of amides is 3. The Kier molecular flexibility index (Phi) is 15.2. The zero-order chi connectivity index (χ0) is 28.5. The molecular weight excluding hydrogens is 496 g/mol. The van der Waals surface area contributed by atoms with Crippen LogP contribution in [0.3, 0.4) is 0 Å². The molecule has 0 spiro atoms. The van der Waals surface area contributed by atoms with Crippen molar-refractivity contribution in [1.82, 2.24) is 21.1 Å². The topological polar surface area (TPSA) is 158 Å². The van der Waals surface area contributed by atoms with Gasteiger partial charge in [0.15, 0.2) is 11.5 Å². The number of carbonyl (C=O) groups is 4. The smallest absolute Gasteiger partial charge is 0.274 e. The summed E-state index contributed by atoms with van der Waals surface area (Å²) in [6.07, 6.45) is 0.451. The van der Waals surface area contributed by atoms with E-state index in [4.69, 9.17) is 14.0 Å². The number of aromatic nitrogens is 1. The first-order chi connectivity index (χ1) is 18.1. The average molecular weight is 535 g/mol. The fourth-order valence-corrected chi connectivity index (χ4v) is 3.29. The van der Waals surface area contributed by atoms with Gasteiger partial charge in [0.2, 0.25) is 11.8 Å². The molecule has 0 fully saturated rings. The maximum absolute atomic E-state index is 12.7. The van der Waals surface area contributed by atoms with Crippen LogP contribution < -0.4 is 16.0 Å². The fourth-order valence-electron chi connectivity index (χ4n) is 3.29. The summed E-state index contributed by atoms with van der Waals surface area (Å²) in [6.45, 7) is 3.30. The van der Waals surface area contributed by atoms with Gasteiger partial charge in [-0.2, -0.15) is 0 Å². The quantitative estimate of drug-likeness (QED) is 0.318. The molecule has 0 aliphatic heterocycles. The number of nitrogens with one attached hydrogen (secondary N) is 3. The van der Waals surface area contributed by atoms with Gasteiger partial charge in [-0.15, -0.1) is 0 Å². The third-order valence-electron chi connectivity index (χ3n) is 5.04. The molecule has 0 saturated heterocycles. The minimum absolute atomic E-state index is 0.0164. The molecule has 12 nitrogen and oxygen atoms in total. The molecule has 38 heavy (non-hydrogen) atoms. The number of aryl methyl sites for hydroxylation is 2. The summed E-state index contributed by atoms with van der Waals surface area (Å²) in [6, 6.07) is 7.24. The van der Waals surface area contributed by atoms with E-state index in [2.05, 4.69) is 25.8 Å². The summed E-state index contributed by atoms with van der Waals surface area (Å²) in [5.74, 6) is -1.53. The van der Waals surface area contributed by atoms with Gasteiger partial charge in [-0.05, 0) is 25.8 Å². The summed E-state index contributed by atoms with van der Waals surface area (Å²) in [4.78, 5) is 50.1. The number of hydrogen-bond acceptors (Lipinski definition) is 9. The van der Waals surface area contributed by atoms with Crippen molar-refractivity contribution in [2.24, 2.45) is 0 Å².